The highest BCUT2D eigenvalue weighted by Gasteiger charge is 2.31. The molecule has 0 radical (unpaired) electrons. The lowest BCUT2D eigenvalue weighted by Gasteiger charge is -2.38. The summed E-state index contributed by atoms with van der Waals surface area (Å²) in [5, 5.41) is 4.90. The van der Waals surface area contributed by atoms with Gasteiger partial charge < -0.3 is 5.32 Å². The Kier molecular flexibility index (Phi) is 3.90. The Morgan fingerprint density at radius 1 is 1.53 bits per heavy atom. The number of rotatable bonds is 3. The van der Waals surface area contributed by atoms with E-state index in [1.54, 1.807) is 0 Å². The molecule has 3 unspecified atom stereocenters. The van der Waals surface area contributed by atoms with E-state index in [-0.39, 0.29) is 11.8 Å². The molecule has 98 valence electrons. The first-order valence-corrected chi connectivity index (χ1v) is 8.12. The van der Waals surface area contributed by atoms with E-state index >= 15 is 0 Å². The van der Waals surface area contributed by atoms with E-state index in [0.717, 1.165) is 26.1 Å². The summed E-state index contributed by atoms with van der Waals surface area (Å²) in [5.74, 6) is 0.903. The van der Waals surface area contributed by atoms with E-state index in [0.29, 0.717) is 12.0 Å². The average molecular weight is 258 g/mol. The maximum atomic E-state index is 11.4. The number of piperazine rings is 1. The first-order valence-electron chi connectivity index (χ1n) is 6.40. The molecule has 5 heteroatoms. The molecule has 0 aromatic rings. The van der Waals surface area contributed by atoms with E-state index in [1.807, 2.05) is 6.08 Å². The van der Waals surface area contributed by atoms with Crippen LogP contribution in [0.1, 0.15) is 20.3 Å². The van der Waals surface area contributed by atoms with Gasteiger partial charge in [0.2, 0.25) is 0 Å². The summed E-state index contributed by atoms with van der Waals surface area (Å²) in [4.78, 5) is 2.30. The van der Waals surface area contributed by atoms with Crippen LogP contribution < -0.4 is 5.32 Å². The number of nitrogens with zero attached hydrogens (tertiary/aromatic N) is 1. The van der Waals surface area contributed by atoms with Crippen LogP contribution in [0, 0.1) is 5.92 Å². The van der Waals surface area contributed by atoms with Gasteiger partial charge in [-0.15, -0.1) is 0 Å². The van der Waals surface area contributed by atoms with Crippen molar-refractivity contribution in [2.45, 2.75) is 32.4 Å². The van der Waals surface area contributed by atoms with Gasteiger partial charge in [0, 0.05) is 37.1 Å². The molecule has 1 saturated heterocycles. The van der Waals surface area contributed by atoms with Crippen LogP contribution in [0.3, 0.4) is 0 Å². The lowest BCUT2D eigenvalue weighted by molar-refractivity contribution is 0.151. The summed E-state index contributed by atoms with van der Waals surface area (Å²) in [6, 6.07) is 0.583. The van der Waals surface area contributed by atoms with Crippen molar-refractivity contribution in [3.63, 3.8) is 0 Å². The summed E-state index contributed by atoms with van der Waals surface area (Å²) < 4.78 is 22.9. The molecule has 4 nitrogen and oxygen atoms in total. The Morgan fingerprint density at radius 2 is 2.29 bits per heavy atom. The van der Waals surface area contributed by atoms with Crippen molar-refractivity contribution in [1.82, 2.24) is 10.2 Å². The summed E-state index contributed by atoms with van der Waals surface area (Å²) in [6.07, 6.45) is 3.00. The molecule has 2 rings (SSSR count). The van der Waals surface area contributed by atoms with Crippen molar-refractivity contribution in [3.8, 4) is 0 Å². The molecule has 2 heterocycles. The van der Waals surface area contributed by atoms with Crippen LogP contribution in [-0.4, -0.2) is 50.8 Å². The fourth-order valence-electron chi connectivity index (χ4n) is 2.56. The van der Waals surface area contributed by atoms with Crippen LogP contribution in [0.5, 0.6) is 0 Å². The Labute approximate surface area is 104 Å². The van der Waals surface area contributed by atoms with Gasteiger partial charge in [0.25, 0.3) is 0 Å². The van der Waals surface area contributed by atoms with Crippen LogP contribution in [0.25, 0.3) is 0 Å². The lowest BCUT2D eigenvalue weighted by Crippen LogP contribution is -2.56. The third-order valence-corrected chi connectivity index (χ3v) is 5.33. The van der Waals surface area contributed by atoms with Crippen LogP contribution >= 0.6 is 0 Å². The molecular weight excluding hydrogens is 236 g/mol. The lowest BCUT2D eigenvalue weighted by atomic mass is 9.96. The maximum absolute atomic E-state index is 11.4. The van der Waals surface area contributed by atoms with Crippen LogP contribution in [0.4, 0.5) is 0 Å². The van der Waals surface area contributed by atoms with Crippen molar-refractivity contribution in [2.24, 2.45) is 5.92 Å². The minimum absolute atomic E-state index is 0.0913. The molecule has 0 spiro atoms. The first-order chi connectivity index (χ1) is 8.02. The van der Waals surface area contributed by atoms with Gasteiger partial charge >= 0.3 is 0 Å². The highest BCUT2D eigenvalue weighted by molar-refractivity contribution is 7.94. The second-order valence-corrected chi connectivity index (χ2v) is 7.10. The number of nitrogens with one attached hydrogen (secondary N) is 1. The van der Waals surface area contributed by atoms with Crippen LogP contribution in [-0.2, 0) is 9.84 Å². The summed E-state index contributed by atoms with van der Waals surface area (Å²) >= 11 is 0. The van der Waals surface area contributed by atoms with Crippen LogP contribution in [0.2, 0.25) is 0 Å². The van der Waals surface area contributed by atoms with E-state index in [1.165, 1.54) is 5.41 Å². The predicted octanol–water partition coefficient (Wildman–Crippen LogP) is 0.617. The molecule has 3 atom stereocenters. The molecule has 1 fully saturated rings. The standard InChI is InChI=1S/C12H22N2O2S/c1-3-10(2)12-8-14(6-5-13-12)11-4-7-17(15,16)9-11/h4,7,10-13H,3,5-6,8-9H2,1-2H3. The summed E-state index contributed by atoms with van der Waals surface area (Å²) in [7, 11) is -2.93. The van der Waals surface area contributed by atoms with Gasteiger partial charge in [-0.25, -0.2) is 8.42 Å². The minimum atomic E-state index is -2.93. The smallest absolute Gasteiger partial charge is 0.173 e. The Morgan fingerprint density at radius 3 is 2.88 bits per heavy atom. The normalized spacial score (nSPS) is 34.9. The second-order valence-electron chi connectivity index (χ2n) is 5.17. The van der Waals surface area contributed by atoms with Crippen molar-refractivity contribution >= 4 is 9.84 Å². The molecule has 0 bridgehead atoms. The molecule has 0 saturated carbocycles. The fraction of sp³-hybridized carbons (Fsp3) is 0.833. The Balaban J connectivity index is 1.97. The summed E-state index contributed by atoms with van der Waals surface area (Å²) in [6.45, 7) is 7.31. The fourth-order valence-corrected chi connectivity index (χ4v) is 3.89. The van der Waals surface area contributed by atoms with E-state index in [4.69, 9.17) is 0 Å². The SMILES string of the molecule is CCC(C)C1CN(C2C=CS(=O)(=O)C2)CCN1. The van der Waals surface area contributed by atoms with E-state index < -0.39 is 9.84 Å². The topological polar surface area (TPSA) is 49.4 Å². The van der Waals surface area contributed by atoms with Crippen molar-refractivity contribution < 1.29 is 8.42 Å². The van der Waals surface area contributed by atoms with Crippen molar-refractivity contribution in [3.05, 3.63) is 11.5 Å². The monoisotopic (exact) mass is 258 g/mol. The highest BCUT2D eigenvalue weighted by Crippen LogP contribution is 2.19. The van der Waals surface area contributed by atoms with Gasteiger partial charge in [-0.2, -0.15) is 0 Å². The van der Waals surface area contributed by atoms with Gasteiger partial charge in [-0.1, -0.05) is 26.3 Å². The number of sulfone groups is 1. The Hall–Kier alpha value is -0.390. The number of hydrogen-bond donors (Lipinski definition) is 1. The summed E-state index contributed by atoms with van der Waals surface area (Å²) in [5.41, 5.74) is 0. The molecular formula is C12H22N2O2S. The molecule has 2 aliphatic heterocycles. The van der Waals surface area contributed by atoms with Crippen LogP contribution in [0.15, 0.2) is 11.5 Å². The zero-order valence-electron chi connectivity index (χ0n) is 10.6. The molecule has 17 heavy (non-hydrogen) atoms. The van der Waals surface area contributed by atoms with Crippen molar-refractivity contribution in [2.75, 3.05) is 25.4 Å². The van der Waals surface area contributed by atoms with Gasteiger partial charge in [0.15, 0.2) is 9.84 Å². The first kappa shape index (κ1) is 13.1. The molecule has 0 aromatic carbocycles. The largest absolute Gasteiger partial charge is 0.311 e. The molecule has 0 aromatic heterocycles. The quantitative estimate of drug-likeness (QED) is 0.806. The predicted molar refractivity (Wildman–Crippen MR) is 69.5 cm³/mol. The highest BCUT2D eigenvalue weighted by atomic mass is 32.2. The number of hydrogen-bond acceptors (Lipinski definition) is 4. The average Bonchev–Trinajstić information content (AvgIpc) is 2.69. The molecule has 0 amide bonds. The zero-order chi connectivity index (χ0) is 12.5. The Bertz CT molecular complexity index is 391. The van der Waals surface area contributed by atoms with Gasteiger partial charge in [-0.3, -0.25) is 4.90 Å². The molecule has 2 aliphatic rings. The van der Waals surface area contributed by atoms with Crippen molar-refractivity contribution in [1.29, 1.82) is 0 Å². The molecule has 1 N–H and O–H groups in total. The van der Waals surface area contributed by atoms with E-state index in [2.05, 4.69) is 24.1 Å². The van der Waals surface area contributed by atoms with Gasteiger partial charge in [0.1, 0.15) is 0 Å². The third-order valence-electron chi connectivity index (χ3n) is 3.95. The van der Waals surface area contributed by atoms with Gasteiger partial charge in [0.05, 0.1) is 5.75 Å². The van der Waals surface area contributed by atoms with E-state index in [9.17, 15) is 8.42 Å². The third kappa shape index (κ3) is 3.09. The second kappa shape index (κ2) is 5.08. The maximum Gasteiger partial charge on any atom is 0.173 e. The van der Waals surface area contributed by atoms with Gasteiger partial charge in [-0.05, 0) is 5.92 Å². The molecule has 0 aliphatic carbocycles. The zero-order valence-corrected chi connectivity index (χ0v) is 11.4. The minimum Gasteiger partial charge on any atom is -0.311 e.